The summed E-state index contributed by atoms with van der Waals surface area (Å²) in [6.45, 7) is 2.74. The molecule has 0 bridgehead atoms. The van der Waals surface area contributed by atoms with E-state index in [4.69, 9.17) is 4.74 Å². The van der Waals surface area contributed by atoms with Crippen molar-refractivity contribution < 1.29 is 14.3 Å². The SMILES string of the molecule is Cc1cc(Nc2cc(NC(=O)C3CC3)ncn2)c(=O)n2c1C(=O)NC21CCOCC1. The van der Waals surface area contributed by atoms with Crippen LogP contribution in [0, 0.1) is 12.8 Å². The molecule has 4 heterocycles. The van der Waals surface area contributed by atoms with Gasteiger partial charge >= 0.3 is 0 Å². The number of carbonyl (C=O) groups excluding carboxylic acids is 2. The third kappa shape index (κ3) is 3.13. The molecule has 0 aromatic carbocycles. The lowest BCUT2D eigenvalue weighted by Gasteiger charge is -2.35. The Morgan fingerprint density at radius 1 is 1.20 bits per heavy atom. The van der Waals surface area contributed by atoms with Crippen molar-refractivity contribution in [3.05, 3.63) is 40.1 Å². The zero-order chi connectivity index (χ0) is 20.9. The van der Waals surface area contributed by atoms with E-state index in [-0.39, 0.29) is 23.3 Å². The number of hydrogen-bond donors (Lipinski definition) is 3. The number of aromatic nitrogens is 3. The van der Waals surface area contributed by atoms with E-state index in [1.807, 2.05) is 0 Å². The van der Waals surface area contributed by atoms with Gasteiger partial charge < -0.3 is 20.7 Å². The lowest BCUT2D eigenvalue weighted by Crippen LogP contribution is -2.51. The lowest BCUT2D eigenvalue weighted by atomic mass is 10.0. The molecule has 10 nitrogen and oxygen atoms in total. The van der Waals surface area contributed by atoms with Gasteiger partial charge in [-0.2, -0.15) is 0 Å². The van der Waals surface area contributed by atoms with Gasteiger partial charge in [0.25, 0.3) is 11.5 Å². The second-order valence-corrected chi connectivity index (χ2v) is 8.01. The molecule has 1 spiro atoms. The number of fused-ring (bicyclic) bond motifs is 2. The topological polar surface area (TPSA) is 127 Å². The van der Waals surface area contributed by atoms with Gasteiger partial charge in [0.1, 0.15) is 35.0 Å². The number of hydrogen-bond acceptors (Lipinski definition) is 7. The number of nitrogens with zero attached hydrogens (tertiary/aromatic N) is 3. The molecule has 2 fully saturated rings. The Morgan fingerprint density at radius 3 is 2.67 bits per heavy atom. The molecule has 0 unspecified atom stereocenters. The standard InChI is InChI=1S/C20H22N6O4/c1-11-8-13(23-14-9-15(22-10-21-14)24-17(27)12-2-3-12)19(29)26-16(11)18(28)25-20(26)4-6-30-7-5-20/h8-10,12H,2-7H2,1H3,(H,25,28)(H2,21,22,23,24,27). The normalized spacial score (nSPS) is 19.3. The van der Waals surface area contributed by atoms with Crippen molar-refractivity contribution in [1.82, 2.24) is 19.9 Å². The molecule has 3 aliphatic rings. The number of pyridine rings is 1. The minimum atomic E-state index is -0.765. The zero-order valence-electron chi connectivity index (χ0n) is 16.5. The molecule has 1 aliphatic carbocycles. The highest BCUT2D eigenvalue weighted by Gasteiger charge is 2.45. The number of anilines is 3. The van der Waals surface area contributed by atoms with Crippen LogP contribution in [0.4, 0.5) is 17.3 Å². The Morgan fingerprint density at radius 2 is 1.93 bits per heavy atom. The van der Waals surface area contributed by atoms with Crippen LogP contribution in [-0.4, -0.2) is 39.6 Å². The van der Waals surface area contributed by atoms with E-state index >= 15 is 0 Å². The van der Waals surface area contributed by atoms with Crippen LogP contribution in [0.1, 0.15) is 41.7 Å². The molecule has 2 aromatic rings. The van der Waals surface area contributed by atoms with Crippen molar-refractivity contribution >= 4 is 29.1 Å². The van der Waals surface area contributed by atoms with E-state index in [1.165, 1.54) is 6.33 Å². The third-order valence-electron chi connectivity index (χ3n) is 5.83. The first-order chi connectivity index (χ1) is 14.5. The van der Waals surface area contributed by atoms with Crippen LogP contribution >= 0.6 is 0 Å². The molecule has 30 heavy (non-hydrogen) atoms. The van der Waals surface area contributed by atoms with E-state index in [0.29, 0.717) is 54.6 Å². The minimum Gasteiger partial charge on any atom is -0.381 e. The minimum absolute atomic E-state index is 0.0564. The summed E-state index contributed by atoms with van der Waals surface area (Å²) in [5.74, 6) is 0.511. The molecule has 156 valence electrons. The lowest BCUT2D eigenvalue weighted by molar-refractivity contribution is -0.117. The third-order valence-corrected chi connectivity index (χ3v) is 5.83. The Balaban J connectivity index is 1.48. The molecule has 2 amide bonds. The Hall–Kier alpha value is -3.27. The maximum absolute atomic E-state index is 13.4. The fourth-order valence-electron chi connectivity index (χ4n) is 4.11. The van der Waals surface area contributed by atoms with E-state index in [9.17, 15) is 14.4 Å². The van der Waals surface area contributed by atoms with Crippen molar-refractivity contribution in [3.8, 4) is 0 Å². The molecule has 0 radical (unpaired) electrons. The molecule has 3 N–H and O–H groups in total. The highest BCUT2D eigenvalue weighted by molar-refractivity contribution is 5.97. The number of carbonyl (C=O) groups is 2. The number of rotatable bonds is 4. The molecular formula is C20H22N6O4. The molecular weight excluding hydrogens is 388 g/mol. The second kappa shape index (κ2) is 6.91. The summed E-state index contributed by atoms with van der Waals surface area (Å²) in [6, 6.07) is 3.23. The number of aryl methyl sites for hydroxylation is 1. The predicted molar refractivity (Wildman–Crippen MR) is 108 cm³/mol. The average molecular weight is 410 g/mol. The summed E-state index contributed by atoms with van der Waals surface area (Å²) in [5.41, 5.74) is 0.302. The summed E-state index contributed by atoms with van der Waals surface area (Å²) in [6.07, 6.45) is 4.17. The van der Waals surface area contributed by atoms with Gasteiger partial charge in [-0.25, -0.2) is 9.97 Å². The number of nitrogens with one attached hydrogen (secondary N) is 3. The molecule has 10 heteroatoms. The second-order valence-electron chi connectivity index (χ2n) is 8.01. The largest absolute Gasteiger partial charge is 0.381 e. The van der Waals surface area contributed by atoms with Crippen molar-refractivity contribution in [3.63, 3.8) is 0 Å². The van der Waals surface area contributed by atoms with E-state index < -0.39 is 5.66 Å². The van der Waals surface area contributed by atoms with Gasteiger partial charge in [0.2, 0.25) is 5.91 Å². The van der Waals surface area contributed by atoms with Gasteiger partial charge in [0.05, 0.1) is 13.2 Å². The summed E-state index contributed by atoms with van der Waals surface area (Å²) >= 11 is 0. The summed E-state index contributed by atoms with van der Waals surface area (Å²) in [7, 11) is 0. The Labute approximate surface area is 172 Å². The van der Waals surface area contributed by atoms with Crippen molar-refractivity contribution in [2.45, 2.75) is 38.3 Å². The first kappa shape index (κ1) is 18.7. The van der Waals surface area contributed by atoms with Gasteiger partial charge in [0.15, 0.2) is 0 Å². The molecule has 2 aliphatic heterocycles. The van der Waals surface area contributed by atoms with Gasteiger partial charge in [-0.05, 0) is 31.4 Å². The summed E-state index contributed by atoms with van der Waals surface area (Å²) < 4.78 is 7.00. The Bertz CT molecular complexity index is 1100. The number of amides is 2. The van der Waals surface area contributed by atoms with Gasteiger partial charge in [-0.1, -0.05) is 0 Å². The zero-order valence-corrected chi connectivity index (χ0v) is 16.5. The van der Waals surface area contributed by atoms with Crippen LogP contribution in [-0.2, 0) is 15.2 Å². The molecule has 0 atom stereocenters. The van der Waals surface area contributed by atoms with Crippen molar-refractivity contribution in [2.75, 3.05) is 23.8 Å². The maximum atomic E-state index is 13.4. The molecule has 1 saturated heterocycles. The van der Waals surface area contributed by atoms with Crippen molar-refractivity contribution in [2.24, 2.45) is 5.92 Å². The van der Waals surface area contributed by atoms with Crippen LogP contribution < -0.4 is 21.5 Å². The van der Waals surface area contributed by atoms with Crippen LogP contribution in [0.2, 0.25) is 0 Å². The fraction of sp³-hybridized carbons (Fsp3) is 0.450. The first-order valence-corrected chi connectivity index (χ1v) is 10.0. The van der Waals surface area contributed by atoms with Crippen LogP contribution in [0.15, 0.2) is 23.3 Å². The first-order valence-electron chi connectivity index (χ1n) is 10.0. The highest BCUT2D eigenvalue weighted by atomic mass is 16.5. The van der Waals surface area contributed by atoms with Crippen molar-refractivity contribution in [1.29, 1.82) is 0 Å². The van der Waals surface area contributed by atoms with Gasteiger partial charge in [0, 0.05) is 24.8 Å². The quantitative estimate of drug-likeness (QED) is 0.692. The highest BCUT2D eigenvalue weighted by Crippen LogP contribution is 2.33. The fourth-order valence-corrected chi connectivity index (χ4v) is 4.11. The smallest absolute Gasteiger partial charge is 0.276 e. The molecule has 2 aromatic heterocycles. The van der Waals surface area contributed by atoms with Gasteiger partial charge in [-0.3, -0.25) is 19.0 Å². The maximum Gasteiger partial charge on any atom is 0.276 e. The van der Waals surface area contributed by atoms with Crippen LogP contribution in [0.5, 0.6) is 0 Å². The van der Waals surface area contributed by atoms with E-state index in [0.717, 1.165) is 12.8 Å². The van der Waals surface area contributed by atoms with Gasteiger partial charge in [-0.15, -0.1) is 0 Å². The Kier molecular flexibility index (Phi) is 4.31. The molecule has 5 rings (SSSR count). The number of ether oxygens (including phenoxy) is 1. The van der Waals surface area contributed by atoms with E-state index in [1.54, 1.807) is 23.6 Å². The summed E-state index contributed by atoms with van der Waals surface area (Å²) in [4.78, 5) is 46.2. The van der Waals surface area contributed by atoms with Crippen LogP contribution in [0.3, 0.4) is 0 Å². The van der Waals surface area contributed by atoms with E-state index in [2.05, 4.69) is 25.9 Å². The summed E-state index contributed by atoms with van der Waals surface area (Å²) in [5, 5.41) is 8.80. The average Bonchev–Trinajstić information content (AvgIpc) is 3.52. The van der Waals surface area contributed by atoms with Crippen LogP contribution in [0.25, 0.3) is 0 Å². The predicted octanol–water partition coefficient (Wildman–Crippen LogP) is 1.25. The monoisotopic (exact) mass is 410 g/mol. The molecule has 1 saturated carbocycles.